The molecule has 2 aliphatic rings. The van der Waals surface area contributed by atoms with Crippen LogP contribution in [0.4, 0.5) is 0 Å². The molecule has 2 aliphatic heterocycles. The standard InChI is InChI=1S/C22H31N3O3S/c1-4-5-9-23-10-12-24(13-11-23)22(26)20-7-6-8-21(15-20)29(27,28)25-16-18(2)14-19(3)17-25/h1,6-8,15,18-19H,5,9-14,16-17H2,2-3H3. The van der Waals surface area contributed by atoms with Gasteiger partial charge in [0.1, 0.15) is 0 Å². The molecule has 2 fully saturated rings. The molecular weight excluding hydrogens is 386 g/mol. The summed E-state index contributed by atoms with van der Waals surface area (Å²) >= 11 is 0. The fourth-order valence-electron chi connectivity index (χ4n) is 4.32. The summed E-state index contributed by atoms with van der Waals surface area (Å²) in [6, 6.07) is 6.49. The van der Waals surface area contributed by atoms with Crippen molar-refractivity contribution in [3.8, 4) is 12.3 Å². The molecular formula is C22H31N3O3S. The number of amides is 1. The van der Waals surface area contributed by atoms with Gasteiger partial charge in [0, 0.05) is 57.8 Å². The van der Waals surface area contributed by atoms with Crippen LogP contribution in [0.3, 0.4) is 0 Å². The van der Waals surface area contributed by atoms with E-state index >= 15 is 0 Å². The number of hydrogen-bond acceptors (Lipinski definition) is 4. The Balaban J connectivity index is 1.71. The number of benzene rings is 1. The Morgan fingerprint density at radius 3 is 2.41 bits per heavy atom. The molecule has 0 aromatic heterocycles. The average molecular weight is 418 g/mol. The van der Waals surface area contributed by atoms with E-state index in [1.807, 2.05) is 0 Å². The van der Waals surface area contributed by atoms with Crippen LogP contribution < -0.4 is 0 Å². The van der Waals surface area contributed by atoms with Crippen molar-refractivity contribution < 1.29 is 13.2 Å². The smallest absolute Gasteiger partial charge is 0.253 e. The maximum absolute atomic E-state index is 13.2. The predicted octanol–water partition coefficient (Wildman–Crippen LogP) is 2.13. The van der Waals surface area contributed by atoms with Crippen LogP contribution in [-0.4, -0.2) is 74.2 Å². The summed E-state index contributed by atoms with van der Waals surface area (Å²) in [6.07, 6.45) is 7.07. The number of nitrogens with zero attached hydrogens (tertiary/aromatic N) is 3. The molecule has 0 radical (unpaired) electrons. The van der Waals surface area contributed by atoms with Gasteiger partial charge in [0.15, 0.2) is 0 Å². The minimum Gasteiger partial charge on any atom is -0.336 e. The molecule has 2 heterocycles. The lowest BCUT2D eigenvalue weighted by molar-refractivity contribution is 0.0639. The molecule has 158 valence electrons. The highest BCUT2D eigenvalue weighted by molar-refractivity contribution is 7.89. The molecule has 1 aromatic carbocycles. The molecule has 0 bridgehead atoms. The van der Waals surface area contributed by atoms with Crippen LogP contribution in [-0.2, 0) is 10.0 Å². The SMILES string of the molecule is C#CCCN1CCN(C(=O)c2cccc(S(=O)(=O)N3CC(C)CC(C)C3)c2)CC1. The first-order valence-electron chi connectivity index (χ1n) is 10.4. The normalized spacial score (nSPS) is 24.2. The van der Waals surface area contributed by atoms with E-state index in [1.54, 1.807) is 27.4 Å². The van der Waals surface area contributed by atoms with E-state index in [9.17, 15) is 13.2 Å². The van der Waals surface area contributed by atoms with Gasteiger partial charge in [-0.2, -0.15) is 4.31 Å². The summed E-state index contributed by atoms with van der Waals surface area (Å²) in [7, 11) is -3.60. The minimum atomic E-state index is -3.60. The van der Waals surface area contributed by atoms with Gasteiger partial charge in [0.2, 0.25) is 10.0 Å². The quantitative estimate of drug-likeness (QED) is 0.689. The van der Waals surface area contributed by atoms with Crippen molar-refractivity contribution in [2.75, 3.05) is 45.8 Å². The number of terminal acetylenes is 1. The summed E-state index contributed by atoms with van der Waals surface area (Å²) < 4.78 is 27.9. The van der Waals surface area contributed by atoms with Crippen molar-refractivity contribution in [1.82, 2.24) is 14.1 Å². The lowest BCUT2D eigenvalue weighted by Crippen LogP contribution is -2.48. The summed E-state index contributed by atoms with van der Waals surface area (Å²) in [6.45, 7) is 8.91. The van der Waals surface area contributed by atoms with Crippen molar-refractivity contribution in [1.29, 1.82) is 0 Å². The second kappa shape index (κ2) is 9.29. The second-order valence-corrected chi connectivity index (χ2v) is 10.3. The molecule has 7 heteroatoms. The van der Waals surface area contributed by atoms with Crippen LogP contribution in [0.2, 0.25) is 0 Å². The fraction of sp³-hybridized carbons (Fsp3) is 0.591. The van der Waals surface area contributed by atoms with Crippen LogP contribution in [0.25, 0.3) is 0 Å². The van der Waals surface area contributed by atoms with E-state index < -0.39 is 10.0 Å². The van der Waals surface area contributed by atoms with Gasteiger partial charge in [0.05, 0.1) is 4.90 Å². The van der Waals surface area contributed by atoms with Crippen LogP contribution in [0.5, 0.6) is 0 Å². The number of sulfonamides is 1. The Morgan fingerprint density at radius 1 is 1.14 bits per heavy atom. The molecule has 2 atom stereocenters. The molecule has 2 saturated heterocycles. The first-order chi connectivity index (χ1) is 13.8. The highest BCUT2D eigenvalue weighted by Crippen LogP contribution is 2.27. The molecule has 0 aliphatic carbocycles. The van der Waals surface area contributed by atoms with E-state index in [4.69, 9.17) is 6.42 Å². The zero-order valence-electron chi connectivity index (χ0n) is 17.4. The molecule has 3 rings (SSSR count). The Labute approximate surface area is 174 Å². The Hall–Kier alpha value is -1.88. The van der Waals surface area contributed by atoms with Gasteiger partial charge in [-0.1, -0.05) is 19.9 Å². The Morgan fingerprint density at radius 2 is 1.79 bits per heavy atom. The lowest BCUT2D eigenvalue weighted by atomic mass is 9.94. The predicted molar refractivity (Wildman–Crippen MR) is 114 cm³/mol. The number of piperazine rings is 1. The lowest BCUT2D eigenvalue weighted by Gasteiger charge is -2.35. The number of hydrogen-bond donors (Lipinski definition) is 0. The molecule has 2 unspecified atom stereocenters. The number of carbonyl (C=O) groups is 1. The topological polar surface area (TPSA) is 60.9 Å². The van der Waals surface area contributed by atoms with Gasteiger partial charge < -0.3 is 4.90 Å². The first kappa shape index (κ1) is 21.8. The van der Waals surface area contributed by atoms with Crippen molar-refractivity contribution in [3.63, 3.8) is 0 Å². The molecule has 1 aromatic rings. The van der Waals surface area contributed by atoms with Gasteiger partial charge >= 0.3 is 0 Å². The van der Waals surface area contributed by atoms with E-state index in [0.29, 0.717) is 50.0 Å². The maximum atomic E-state index is 13.2. The third-order valence-electron chi connectivity index (χ3n) is 5.79. The molecule has 0 N–H and O–H groups in total. The van der Waals surface area contributed by atoms with Crippen LogP contribution in [0.15, 0.2) is 29.2 Å². The van der Waals surface area contributed by atoms with Crippen molar-refractivity contribution in [3.05, 3.63) is 29.8 Å². The minimum absolute atomic E-state index is 0.112. The third kappa shape index (κ3) is 5.19. The monoisotopic (exact) mass is 417 g/mol. The average Bonchev–Trinajstić information content (AvgIpc) is 2.71. The largest absolute Gasteiger partial charge is 0.336 e. The fourth-order valence-corrected chi connectivity index (χ4v) is 6.05. The summed E-state index contributed by atoms with van der Waals surface area (Å²) in [5.41, 5.74) is 0.432. The van der Waals surface area contributed by atoms with Crippen LogP contribution in [0.1, 0.15) is 37.0 Å². The molecule has 0 saturated carbocycles. The van der Waals surface area contributed by atoms with Gasteiger partial charge in [-0.3, -0.25) is 9.69 Å². The van der Waals surface area contributed by atoms with Gasteiger partial charge in [-0.05, 0) is 36.5 Å². The third-order valence-corrected chi connectivity index (χ3v) is 7.61. The zero-order chi connectivity index (χ0) is 21.0. The van der Waals surface area contributed by atoms with Crippen molar-refractivity contribution in [2.24, 2.45) is 11.8 Å². The van der Waals surface area contributed by atoms with Crippen molar-refractivity contribution in [2.45, 2.75) is 31.6 Å². The second-order valence-electron chi connectivity index (χ2n) is 8.38. The van der Waals surface area contributed by atoms with Gasteiger partial charge in [0.25, 0.3) is 5.91 Å². The highest BCUT2D eigenvalue weighted by atomic mass is 32.2. The molecule has 6 nitrogen and oxygen atoms in total. The van der Waals surface area contributed by atoms with E-state index in [-0.39, 0.29) is 10.8 Å². The Bertz CT molecular complexity index is 860. The number of rotatable bonds is 5. The molecule has 29 heavy (non-hydrogen) atoms. The molecule has 1 amide bonds. The summed E-state index contributed by atoms with van der Waals surface area (Å²) in [5.74, 6) is 3.21. The van der Waals surface area contributed by atoms with Crippen molar-refractivity contribution >= 4 is 15.9 Å². The number of carbonyl (C=O) groups excluding carboxylic acids is 1. The molecule has 0 spiro atoms. The zero-order valence-corrected chi connectivity index (χ0v) is 18.2. The van der Waals surface area contributed by atoms with Gasteiger partial charge in [-0.15, -0.1) is 12.3 Å². The van der Waals surface area contributed by atoms with Crippen LogP contribution >= 0.6 is 0 Å². The van der Waals surface area contributed by atoms with E-state index in [2.05, 4.69) is 24.7 Å². The Kier molecular flexibility index (Phi) is 6.99. The maximum Gasteiger partial charge on any atom is 0.253 e. The summed E-state index contributed by atoms with van der Waals surface area (Å²) in [4.78, 5) is 17.2. The summed E-state index contributed by atoms with van der Waals surface area (Å²) in [5, 5.41) is 0. The van der Waals surface area contributed by atoms with E-state index in [1.165, 1.54) is 6.07 Å². The van der Waals surface area contributed by atoms with Crippen LogP contribution in [0, 0.1) is 24.2 Å². The van der Waals surface area contributed by atoms with Gasteiger partial charge in [-0.25, -0.2) is 8.42 Å². The van der Waals surface area contributed by atoms with E-state index in [0.717, 1.165) is 26.1 Å². The number of piperidine rings is 1. The highest BCUT2D eigenvalue weighted by Gasteiger charge is 2.32. The first-order valence-corrected chi connectivity index (χ1v) is 11.8.